The molecule has 0 aliphatic heterocycles. The summed E-state index contributed by atoms with van der Waals surface area (Å²) in [5.74, 6) is 0. The number of hydrogen-bond acceptors (Lipinski definition) is 0. The summed E-state index contributed by atoms with van der Waals surface area (Å²) in [6.07, 6.45) is 0. The van der Waals surface area contributed by atoms with Gasteiger partial charge in [0.15, 0.2) is 0 Å². The van der Waals surface area contributed by atoms with Gasteiger partial charge in [0, 0.05) is 0 Å². The van der Waals surface area contributed by atoms with E-state index in [4.69, 9.17) is 0 Å². The van der Waals surface area contributed by atoms with Crippen LogP contribution in [0.25, 0.3) is 22.3 Å². The first-order valence-corrected chi connectivity index (χ1v) is 9.46. The molecule has 0 N–H and O–H groups in total. The van der Waals surface area contributed by atoms with Crippen LogP contribution >= 0.6 is 0 Å². The maximum Gasteiger partial charge on any atom is -0.0120 e. The highest BCUT2D eigenvalue weighted by molar-refractivity contribution is 5.80. The SMILES string of the molecule is Cc1cc(C)cc(-c2cc(C)cc(-c3c(C)c(C)c(C)c(C)c3C)c2)c1. The van der Waals surface area contributed by atoms with Crippen molar-refractivity contribution in [1.82, 2.24) is 0 Å². The van der Waals surface area contributed by atoms with Crippen LogP contribution in [0.4, 0.5) is 0 Å². The molecule has 0 fully saturated rings. The minimum absolute atomic E-state index is 1.31. The van der Waals surface area contributed by atoms with E-state index in [1.54, 1.807) is 0 Å². The average molecular weight is 343 g/mol. The second-order valence-electron chi connectivity index (χ2n) is 7.96. The quantitative estimate of drug-likeness (QED) is 0.452. The topological polar surface area (TPSA) is 0 Å². The van der Waals surface area contributed by atoms with Crippen LogP contribution in [-0.4, -0.2) is 0 Å². The Balaban J connectivity index is 2.28. The van der Waals surface area contributed by atoms with Crippen molar-refractivity contribution in [2.45, 2.75) is 55.4 Å². The molecule has 0 saturated heterocycles. The molecule has 3 aromatic carbocycles. The summed E-state index contributed by atoms with van der Waals surface area (Å²) < 4.78 is 0. The highest BCUT2D eigenvalue weighted by atomic mass is 14.2. The molecule has 0 unspecified atom stereocenters. The molecular weight excluding hydrogens is 312 g/mol. The van der Waals surface area contributed by atoms with Gasteiger partial charge in [0.25, 0.3) is 0 Å². The molecule has 0 radical (unpaired) electrons. The lowest BCUT2D eigenvalue weighted by Gasteiger charge is -2.20. The first kappa shape index (κ1) is 18.5. The van der Waals surface area contributed by atoms with Crippen LogP contribution in [0, 0.1) is 55.4 Å². The Morgan fingerprint density at radius 2 is 0.692 bits per heavy atom. The van der Waals surface area contributed by atoms with Gasteiger partial charge in [-0.1, -0.05) is 41.5 Å². The normalized spacial score (nSPS) is 11.1. The summed E-state index contributed by atoms with van der Waals surface area (Å²) in [5.41, 5.74) is 16.4. The van der Waals surface area contributed by atoms with Gasteiger partial charge in [-0.15, -0.1) is 0 Å². The molecule has 3 rings (SSSR count). The van der Waals surface area contributed by atoms with Crippen LogP contribution in [-0.2, 0) is 0 Å². The van der Waals surface area contributed by atoms with Gasteiger partial charge in [-0.2, -0.15) is 0 Å². The van der Waals surface area contributed by atoms with Crippen LogP contribution in [0.15, 0.2) is 36.4 Å². The maximum absolute atomic E-state index is 2.37. The zero-order chi connectivity index (χ0) is 19.2. The van der Waals surface area contributed by atoms with Crippen molar-refractivity contribution < 1.29 is 0 Å². The maximum atomic E-state index is 2.37. The minimum atomic E-state index is 1.31. The number of hydrogen-bond donors (Lipinski definition) is 0. The lowest BCUT2D eigenvalue weighted by Crippen LogP contribution is -2.00. The van der Waals surface area contributed by atoms with Crippen molar-refractivity contribution >= 4 is 0 Å². The van der Waals surface area contributed by atoms with Crippen LogP contribution in [0.1, 0.15) is 44.5 Å². The number of aryl methyl sites for hydroxylation is 3. The molecule has 0 heteroatoms. The van der Waals surface area contributed by atoms with Gasteiger partial charge in [0.05, 0.1) is 0 Å². The van der Waals surface area contributed by atoms with Crippen LogP contribution in [0.3, 0.4) is 0 Å². The van der Waals surface area contributed by atoms with Gasteiger partial charge in [0.1, 0.15) is 0 Å². The van der Waals surface area contributed by atoms with Gasteiger partial charge >= 0.3 is 0 Å². The summed E-state index contributed by atoms with van der Waals surface area (Å²) in [7, 11) is 0. The van der Waals surface area contributed by atoms with E-state index in [-0.39, 0.29) is 0 Å². The van der Waals surface area contributed by atoms with E-state index in [0.29, 0.717) is 0 Å². The molecule has 0 nitrogen and oxygen atoms in total. The molecule has 0 aromatic heterocycles. The second-order valence-corrected chi connectivity index (χ2v) is 7.96. The Hall–Kier alpha value is -2.34. The zero-order valence-corrected chi connectivity index (χ0v) is 17.5. The van der Waals surface area contributed by atoms with E-state index in [1.165, 1.54) is 66.8 Å². The molecule has 0 saturated carbocycles. The number of rotatable bonds is 2. The summed E-state index contributed by atoms with van der Waals surface area (Å²) >= 11 is 0. The van der Waals surface area contributed by atoms with E-state index < -0.39 is 0 Å². The molecule has 0 bridgehead atoms. The van der Waals surface area contributed by atoms with Crippen LogP contribution in [0.2, 0.25) is 0 Å². The molecule has 0 spiro atoms. The van der Waals surface area contributed by atoms with Crippen LogP contribution < -0.4 is 0 Å². The van der Waals surface area contributed by atoms with Crippen molar-refractivity contribution in [2.24, 2.45) is 0 Å². The predicted molar refractivity (Wildman–Crippen MR) is 115 cm³/mol. The summed E-state index contributed by atoms with van der Waals surface area (Å²) in [5, 5.41) is 0. The third-order valence-electron chi connectivity index (χ3n) is 5.92. The molecule has 0 aliphatic carbocycles. The van der Waals surface area contributed by atoms with E-state index in [0.717, 1.165) is 0 Å². The second kappa shape index (κ2) is 6.76. The monoisotopic (exact) mass is 342 g/mol. The van der Waals surface area contributed by atoms with Crippen molar-refractivity contribution in [3.63, 3.8) is 0 Å². The Bertz CT molecular complexity index is 954. The molecule has 0 amide bonds. The predicted octanol–water partition coefficient (Wildman–Crippen LogP) is 7.49. The standard InChI is InChI=1S/C26H30/c1-15-9-16(2)11-23(10-15)24-12-17(3)13-25(14-24)26-21(7)19(5)18(4)20(6)22(26)8/h9-14H,1-8H3. The smallest absolute Gasteiger partial charge is 0.0120 e. The largest absolute Gasteiger partial charge is 0.0563 e. The fraction of sp³-hybridized carbons (Fsp3) is 0.308. The first-order chi connectivity index (χ1) is 12.2. The van der Waals surface area contributed by atoms with E-state index in [9.17, 15) is 0 Å². The Morgan fingerprint density at radius 1 is 0.346 bits per heavy atom. The van der Waals surface area contributed by atoms with Crippen molar-refractivity contribution in [3.05, 3.63) is 80.9 Å². The van der Waals surface area contributed by atoms with Crippen molar-refractivity contribution in [3.8, 4) is 22.3 Å². The summed E-state index contributed by atoms with van der Waals surface area (Å²) in [4.78, 5) is 0. The lowest BCUT2D eigenvalue weighted by atomic mass is 9.85. The van der Waals surface area contributed by atoms with Gasteiger partial charge < -0.3 is 0 Å². The first-order valence-electron chi connectivity index (χ1n) is 9.46. The van der Waals surface area contributed by atoms with Crippen molar-refractivity contribution in [1.29, 1.82) is 0 Å². The highest BCUT2D eigenvalue weighted by Crippen LogP contribution is 2.36. The Labute approximate surface area is 158 Å². The average Bonchev–Trinajstić information content (AvgIpc) is 2.57. The van der Waals surface area contributed by atoms with E-state index >= 15 is 0 Å². The molecule has 3 aromatic rings. The number of benzene rings is 3. The zero-order valence-electron chi connectivity index (χ0n) is 17.5. The Morgan fingerprint density at radius 3 is 1.19 bits per heavy atom. The molecule has 0 aliphatic rings. The van der Waals surface area contributed by atoms with Crippen LogP contribution in [0.5, 0.6) is 0 Å². The third kappa shape index (κ3) is 3.21. The Kier molecular flexibility index (Phi) is 4.80. The molecule has 0 heterocycles. The van der Waals surface area contributed by atoms with Gasteiger partial charge in [-0.05, 0) is 117 Å². The fourth-order valence-electron chi connectivity index (χ4n) is 4.17. The van der Waals surface area contributed by atoms with Gasteiger partial charge in [-0.3, -0.25) is 0 Å². The lowest BCUT2D eigenvalue weighted by molar-refractivity contribution is 1.18. The molecule has 26 heavy (non-hydrogen) atoms. The molecule has 0 atom stereocenters. The van der Waals surface area contributed by atoms with E-state index in [2.05, 4.69) is 91.8 Å². The van der Waals surface area contributed by atoms with E-state index in [1.807, 2.05) is 0 Å². The highest BCUT2D eigenvalue weighted by Gasteiger charge is 2.15. The molecular formula is C26H30. The third-order valence-corrected chi connectivity index (χ3v) is 5.92. The summed E-state index contributed by atoms with van der Waals surface area (Å²) in [6.45, 7) is 17.8. The molecule has 134 valence electrons. The van der Waals surface area contributed by atoms with Crippen molar-refractivity contribution in [2.75, 3.05) is 0 Å². The van der Waals surface area contributed by atoms with Gasteiger partial charge in [-0.25, -0.2) is 0 Å². The fourth-order valence-corrected chi connectivity index (χ4v) is 4.17. The minimum Gasteiger partial charge on any atom is -0.0563 e. The summed E-state index contributed by atoms with van der Waals surface area (Å²) in [6, 6.07) is 13.8. The van der Waals surface area contributed by atoms with Gasteiger partial charge in [0.2, 0.25) is 0 Å².